The van der Waals surface area contributed by atoms with Gasteiger partial charge in [-0.2, -0.15) is 0 Å². The van der Waals surface area contributed by atoms with Gasteiger partial charge in [0.2, 0.25) is 5.88 Å². The van der Waals surface area contributed by atoms with Crippen molar-refractivity contribution in [3.8, 4) is 11.6 Å². The Labute approximate surface area is 190 Å². The summed E-state index contributed by atoms with van der Waals surface area (Å²) in [6.07, 6.45) is 1.54. The molecule has 4 nitrogen and oxygen atoms in total. The Bertz CT molecular complexity index is 1440. The molecule has 0 radical (unpaired) electrons. The molecule has 0 fully saturated rings. The van der Waals surface area contributed by atoms with Crippen LogP contribution in [0.2, 0.25) is 5.02 Å². The van der Waals surface area contributed by atoms with Crippen molar-refractivity contribution >= 4 is 33.9 Å². The molecule has 1 unspecified atom stereocenters. The molecule has 154 valence electrons. The molecular formula is C27H18ClN3O. The van der Waals surface area contributed by atoms with Gasteiger partial charge in [0.05, 0.1) is 5.56 Å². The van der Waals surface area contributed by atoms with E-state index in [1.165, 1.54) is 6.33 Å². The van der Waals surface area contributed by atoms with Gasteiger partial charge in [0.25, 0.3) is 0 Å². The van der Waals surface area contributed by atoms with E-state index < -0.39 is 0 Å². The summed E-state index contributed by atoms with van der Waals surface area (Å²) < 4.78 is 6.43. The smallest absolute Gasteiger partial charge is 0.228 e. The Kier molecular flexibility index (Phi) is 4.51. The number of aromatic nitrogens is 2. The van der Waals surface area contributed by atoms with Crippen LogP contribution in [0.4, 0.5) is 11.5 Å². The fourth-order valence-electron chi connectivity index (χ4n) is 4.34. The van der Waals surface area contributed by atoms with Crippen LogP contribution in [-0.2, 0) is 0 Å². The fourth-order valence-corrected chi connectivity index (χ4v) is 4.46. The number of nitrogens with zero attached hydrogens (tertiary/aromatic N) is 2. The second kappa shape index (κ2) is 7.66. The molecule has 32 heavy (non-hydrogen) atoms. The molecule has 4 aromatic carbocycles. The lowest BCUT2D eigenvalue weighted by atomic mass is 9.82. The summed E-state index contributed by atoms with van der Waals surface area (Å²) in [6, 6.07) is 30.5. The molecule has 1 atom stereocenters. The zero-order valence-corrected chi connectivity index (χ0v) is 17.8. The van der Waals surface area contributed by atoms with Crippen molar-refractivity contribution in [3.05, 3.63) is 119 Å². The largest absolute Gasteiger partial charge is 0.438 e. The molecular weight excluding hydrogens is 418 g/mol. The van der Waals surface area contributed by atoms with E-state index in [2.05, 4.69) is 63.8 Å². The maximum absolute atomic E-state index is 6.43. The molecule has 0 saturated heterocycles. The number of hydrogen-bond donors (Lipinski definition) is 1. The summed E-state index contributed by atoms with van der Waals surface area (Å²) in [7, 11) is 0. The van der Waals surface area contributed by atoms with E-state index in [1.54, 1.807) is 0 Å². The number of halogens is 1. The van der Waals surface area contributed by atoms with E-state index in [1.807, 2.05) is 42.5 Å². The maximum Gasteiger partial charge on any atom is 0.228 e. The monoisotopic (exact) mass is 435 g/mol. The van der Waals surface area contributed by atoms with Crippen LogP contribution in [0, 0.1) is 0 Å². The minimum absolute atomic E-state index is 0.0736. The molecule has 1 N–H and O–H groups in total. The molecule has 6 rings (SSSR count). The van der Waals surface area contributed by atoms with Crippen LogP contribution in [0.5, 0.6) is 11.6 Å². The molecule has 1 aliphatic rings. The predicted octanol–water partition coefficient (Wildman–Crippen LogP) is 7.31. The van der Waals surface area contributed by atoms with Crippen molar-refractivity contribution in [1.82, 2.24) is 9.97 Å². The minimum atomic E-state index is -0.0736. The van der Waals surface area contributed by atoms with E-state index in [9.17, 15) is 0 Å². The number of anilines is 2. The Morgan fingerprint density at radius 2 is 1.56 bits per heavy atom. The molecule has 5 heteroatoms. The normalized spacial score (nSPS) is 14.3. The van der Waals surface area contributed by atoms with Crippen LogP contribution < -0.4 is 10.1 Å². The van der Waals surface area contributed by atoms with Gasteiger partial charge in [0, 0.05) is 27.6 Å². The van der Waals surface area contributed by atoms with Crippen LogP contribution in [0.15, 0.2) is 97.3 Å². The van der Waals surface area contributed by atoms with Gasteiger partial charge in [0.15, 0.2) is 0 Å². The Morgan fingerprint density at radius 1 is 0.781 bits per heavy atom. The van der Waals surface area contributed by atoms with Gasteiger partial charge in [0.1, 0.15) is 17.9 Å². The van der Waals surface area contributed by atoms with Gasteiger partial charge in [-0.25, -0.2) is 9.97 Å². The average molecular weight is 436 g/mol. The topological polar surface area (TPSA) is 47.0 Å². The lowest BCUT2D eigenvalue weighted by Crippen LogP contribution is -2.16. The second-order valence-corrected chi connectivity index (χ2v) is 8.16. The first kappa shape index (κ1) is 18.8. The quantitative estimate of drug-likeness (QED) is 0.316. The van der Waals surface area contributed by atoms with Crippen molar-refractivity contribution in [2.75, 3.05) is 5.32 Å². The van der Waals surface area contributed by atoms with Crippen molar-refractivity contribution in [3.63, 3.8) is 0 Å². The highest BCUT2D eigenvalue weighted by atomic mass is 35.5. The van der Waals surface area contributed by atoms with Crippen LogP contribution in [0.25, 0.3) is 10.8 Å². The van der Waals surface area contributed by atoms with Gasteiger partial charge in [-0.1, -0.05) is 78.3 Å². The summed E-state index contributed by atoms with van der Waals surface area (Å²) >= 11 is 6.06. The first-order valence-electron chi connectivity index (χ1n) is 10.4. The van der Waals surface area contributed by atoms with Crippen molar-refractivity contribution < 1.29 is 4.74 Å². The summed E-state index contributed by atoms with van der Waals surface area (Å²) in [5.41, 5.74) is 4.06. The molecule has 0 amide bonds. The third-order valence-electron chi connectivity index (χ3n) is 5.80. The molecule has 5 aromatic rings. The Balaban J connectivity index is 1.57. The Hall–Kier alpha value is -3.89. The molecule has 2 heterocycles. The first-order valence-corrected chi connectivity index (χ1v) is 10.8. The Morgan fingerprint density at radius 3 is 2.41 bits per heavy atom. The van der Waals surface area contributed by atoms with E-state index in [0.29, 0.717) is 16.7 Å². The SMILES string of the molecule is Clc1ccc(Nc2ncnc3c2C(c2ccccc2)c2ccc4ccccc4c2O3)cc1. The minimum Gasteiger partial charge on any atom is -0.438 e. The van der Waals surface area contributed by atoms with E-state index in [4.69, 9.17) is 16.3 Å². The van der Waals surface area contributed by atoms with E-state index >= 15 is 0 Å². The average Bonchev–Trinajstić information content (AvgIpc) is 2.85. The summed E-state index contributed by atoms with van der Waals surface area (Å²) in [6.45, 7) is 0. The third kappa shape index (κ3) is 3.17. The first-order chi connectivity index (χ1) is 15.8. The summed E-state index contributed by atoms with van der Waals surface area (Å²) in [5, 5.41) is 6.33. The molecule has 1 aliphatic heterocycles. The van der Waals surface area contributed by atoms with Crippen LogP contribution >= 0.6 is 11.6 Å². The van der Waals surface area contributed by atoms with Crippen LogP contribution in [0.3, 0.4) is 0 Å². The van der Waals surface area contributed by atoms with Gasteiger partial charge < -0.3 is 10.1 Å². The zero-order valence-electron chi connectivity index (χ0n) is 17.0. The van der Waals surface area contributed by atoms with Crippen LogP contribution in [0.1, 0.15) is 22.6 Å². The lowest BCUT2D eigenvalue weighted by Gasteiger charge is -2.30. The highest BCUT2D eigenvalue weighted by Crippen LogP contribution is 2.51. The molecule has 0 aliphatic carbocycles. The van der Waals surface area contributed by atoms with Crippen LogP contribution in [-0.4, -0.2) is 9.97 Å². The highest BCUT2D eigenvalue weighted by molar-refractivity contribution is 6.30. The van der Waals surface area contributed by atoms with Gasteiger partial charge in [-0.15, -0.1) is 0 Å². The number of benzene rings is 4. The standard InChI is InChI=1S/C27H18ClN3O/c28-19-11-13-20(14-12-19)31-26-24-23(18-7-2-1-3-8-18)22-15-10-17-6-4-5-9-21(17)25(22)32-27(24)30-16-29-26/h1-16,23H,(H,29,30,31). The summed E-state index contributed by atoms with van der Waals surface area (Å²) in [4.78, 5) is 9.11. The predicted molar refractivity (Wildman–Crippen MR) is 128 cm³/mol. The van der Waals surface area contributed by atoms with E-state index in [-0.39, 0.29) is 5.92 Å². The second-order valence-electron chi connectivity index (χ2n) is 7.72. The van der Waals surface area contributed by atoms with Crippen molar-refractivity contribution in [2.45, 2.75) is 5.92 Å². The maximum atomic E-state index is 6.43. The number of ether oxygens (including phenoxy) is 1. The molecule has 0 spiro atoms. The van der Waals surface area contributed by atoms with Gasteiger partial charge >= 0.3 is 0 Å². The van der Waals surface area contributed by atoms with Crippen molar-refractivity contribution in [1.29, 1.82) is 0 Å². The third-order valence-corrected chi connectivity index (χ3v) is 6.05. The zero-order chi connectivity index (χ0) is 21.5. The van der Waals surface area contributed by atoms with Gasteiger partial charge in [-0.3, -0.25) is 0 Å². The fraction of sp³-hybridized carbons (Fsp3) is 0.0370. The van der Waals surface area contributed by atoms with E-state index in [0.717, 1.165) is 38.9 Å². The number of fused-ring (bicyclic) bond motifs is 4. The lowest BCUT2D eigenvalue weighted by molar-refractivity contribution is 0.438. The molecule has 1 aromatic heterocycles. The number of rotatable bonds is 3. The number of nitrogens with one attached hydrogen (secondary N) is 1. The molecule has 0 bridgehead atoms. The molecule has 0 saturated carbocycles. The van der Waals surface area contributed by atoms with Gasteiger partial charge in [-0.05, 0) is 35.2 Å². The van der Waals surface area contributed by atoms with Crippen molar-refractivity contribution in [2.24, 2.45) is 0 Å². The highest BCUT2D eigenvalue weighted by Gasteiger charge is 2.33. The summed E-state index contributed by atoms with van der Waals surface area (Å²) in [5.74, 6) is 2.05. The number of hydrogen-bond acceptors (Lipinski definition) is 4.